The molecule has 1 aliphatic rings. The molecule has 0 bridgehead atoms. The van der Waals surface area contributed by atoms with Gasteiger partial charge >= 0.3 is 0 Å². The molecule has 2 aromatic rings. The Kier molecular flexibility index (Phi) is 4.07. The Bertz CT molecular complexity index is 679. The molecule has 0 aromatic heterocycles. The molecule has 0 heterocycles. The molecule has 0 spiro atoms. The molecular weight excluding hydrogens is 279 g/mol. The van der Waals surface area contributed by atoms with Gasteiger partial charge in [-0.15, -0.1) is 0 Å². The van der Waals surface area contributed by atoms with Crippen molar-refractivity contribution in [1.82, 2.24) is 0 Å². The number of methoxy groups -OCH3 is 1. The lowest BCUT2D eigenvalue weighted by Gasteiger charge is -2.10. The first kappa shape index (κ1) is 14.3. The predicted octanol–water partition coefficient (Wildman–Crippen LogP) is 3.57. The monoisotopic (exact) mass is 298 g/mol. The second-order valence-electron chi connectivity index (χ2n) is 5.47. The highest BCUT2D eigenvalue weighted by atomic mass is 31.1. The SMILES string of the molecule is COc1ccccc1CPc1cccc2c1C(=O)C(C)C2. The Morgan fingerprint density at radius 2 is 2.00 bits per heavy atom. The fourth-order valence-corrected chi connectivity index (χ4v) is 4.26. The average molecular weight is 298 g/mol. The smallest absolute Gasteiger partial charge is 0.166 e. The maximum Gasteiger partial charge on any atom is 0.166 e. The summed E-state index contributed by atoms with van der Waals surface area (Å²) >= 11 is 0. The zero-order valence-corrected chi connectivity index (χ0v) is 13.3. The fraction of sp³-hybridized carbons (Fsp3) is 0.278. The number of hydrogen-bond acceptors (Lipinski definition) is 2. The van der Waals surface area contributed by atoms with Gasteiger partial charge in [-0.2, -0.15) is 0 Å². The standard InChI is InChI=1S/C18H19O2P/c1-12-10-13-7-5-9-16(17(13)18(12)19)21-11-14-6-3-4-8-15(14)20-2/h3-9,12,21H,10-11H2,1-2H3. The lowest BCUT2D eigenvalue weighted by molar-refractivity contribution is 0.0947. The minimum Gasteiger partial charge on any atom is -0.496 e. The molecule has 3 heteroatoms. The lowest BCUT2D eigenvalue weighted by atomic mass is 10.1. The van der Waals surface area contributed by atoms with E-state index in [-0.39, 0.29) is 5.92 Å². The number of para-hydroxylation sites is 1. The molecule has 21 heavy (non-hydrogen) atoms. The molecule has 2 aromatic carbocycles. The van der Waals surface area contributed by atoms with Crippen LogP contribution in [0.3, 0.4) is 0 Å². The fourth-order valence-electron chi connectivity index (χ4n) is 2.92. The molecule has 1 aliphatic carbocycles. The number of ketones is 1. The summed E-state index contributed by atoms with van der Waals surface area (Å²) in [7, 11) is 2.30. The maximum atomic E-state index is 12.3. The summed E-state index contributed by atoms with van der Waals surface area (Å²) in [5.41, 5.74) is 3.41. The number of carbonyl (C=O) groups excluding carboxylic acids is 1. The highest BCUT2D eigenvalue weighted by Gasteiger charge is 2.28. The first-order valence-electron chi connectivity index (χ1n) is 7.22. The van der Waals surface area contributed by atoms with E-state index in [1.54, 1.807) is 7.11 Å². The number of hydrogen-bond donors (Lipinski definition) is 0. The van der Waals surface area contributed by atoms with Crippen molar-refractivity contribution in [1.29, 1.82) is 0 Å². The van der Waals surface area contributed by atoms with Gasteiger partial charge in [-0.05, 0) is 35.1 Å². The van der Waals surface area contributed by atoms with Gasteiger partial charge in [0.25, 0.3) is 0 Å². The van der Waals surface area contributed by atoms with Crippen molar-refractivity contribution in [3.8, 4) is 5.75 Å². The van der Waals surface area contributed by atoms with Gasteiger partial charge in [0.05, 0.1) is 7.11 Å². The molecule has 108 valence electrons. The Labute approximate surface area is 127 Å². The topological polar surface area (TPSA) is 26.3 Å². The van der Waals surface area contributed by atoms with E-state index in [0.717, 1.165) is 23.9 Å². The first-order valence-corrected chi connectivity index (χ1v) is 8.43. The molecule has 0 saturated carbocycles. The van der Waals surface area contributed by atoms with Gasteiger partial charge in [0.2, 0.25) is 0 Å². The molecule has 0 saturated heterocycles. The van der Waals surface area contributed by atoms with Crippen LogP contribution in [-0.2, 0) is 12.6 Å². The van der Waals surface area contributed by atoms with Crippen LogP contribution in [0.1, 0.15) is 28.4 Å². The molecule has 2 unspecified atom stereocenters. The summed E-state index contributed by atoms with van der Waals surface area (Å²) in [5, 5.41) is 1.20. The van der Waals surface area contributed by atoms with Crippen LogP contribution in [0.15, 0.2) is 42.5 Å². The Balaban J connectivity index is 1.84. The first-order chi connectivity index (χ1) is 10.2. The van der Waals surface area contributed by atoms with E-state index in [2.05, 4.69) is 24.3 Å². The third kappa shape index (κ3) is 2.73. The van der Waals surface area contributed by atoms with Gasteiger partial charge in [0.1, 0.15) is 5.75 Å². The number of benzene rings is 2. The van der Waals surface area contributed by atoms with Crippen molar-refractivity contribution in [2.45, 2.75) is 19.5 Å². The van der Waals surface area contributed by atoms with E-state index in [1.165, 1.54) is 16.4 Å². The van der Waals surface area contributed by atoms with Crippen molar-refractivity contribution < 1.29 is 9.53 Å². The number of rotatable bonds is 4. The third-order valence-electron chi connectivity index (χ3n) is 4.03. The Hall–Kier alpha value is -1.66. The molecule has 0 amide bonds. The zero-order valence-electron chi connectivity index (χ0n) is 12.3. The maximum absolute atomic E-state index is 12.3. The van der Waals surface area contributed by atoms with Crippen molar-refractivity contribution in [3.05, 3.63) is 59.2 Å². The van der Waals surface area contributed by atoms with E-state index >= 15 is 0 Å². The molecular formula is C18H19O2P. The lowest BCUT2D eigenvalue weighted by Crippen LogP contribution is -2.12. The van der Waals surface area contributed by atoms with Gasteiger partial charge in [-0.3, -0.25) is 4.79 Å². The van der Waals surface area contributed by atoms with E-state index in [9.17, 15) is 4.79 Å². The van der Waals surface area contributed by atoms with Crippen molar-refractivity contribution in [2.24, 2.45) is 5.92 Å². The van der Waals surface area contributed by atoms with E-state index in [4.69, 9.17) is 4.74 Å². The molecule has 0 N–H and O–H groups in total. The normalized spacial score (nSPS) is 17.4. The molecule has 3 rings (SSSR count). The number of fused-ring (bicyclic) bond motifs is 1. The van der Waals surface area contributed by atoms with E-state index < -0.39 is 0 Å². The minimum atomic E-state index is 0.136. The van der Waals surface area contributed by atoms with E-state index in [1.807, 2.05) is 25.1 Å². The minimum absolute atomic E-state index is 0.136. The summed E-state index contributed by atoms with van der Waals surface area (Å²) in [5.74, 6) is 1.38. The summed E-state index contributed by atoms with van der Waals surface area (Å²) < 4.78 is 5.40. The van der Waals surface area contributed by atoms with Crippen LogP contribution in [-0.4, -0.2) is 12.9 Å². The van der Waals surface area contributed by atoms with Crippen LogP contribution in [0.25, 0.3) is 0 Å². The quantitative estimate of drug-likeness (QED) is 0.807. The van der Waals surface area contributed by atoms with Gasteiger partial charge < -0.3 is 4.74 Å². The second-order valence-corrected chi connectivity index (χ2v) is 6.72. The zero-order chi connectivity index (χ0) is 14.8. The van der Waals surface area contributed by atoms with Crippen LogP contribution < -0.4 is 10.0 Å². The summed E-state index contributed by atoms with van der Waals surface area (Å²) in [6.45, 7) is 2.02. The van der Waals surface area contributed by atoms with Gasteiger partial charge in [-0.1, -0.05) is 51.9 Å². The van der Waals surface area contributed by atoms with E-state index in [0.29, 0.717) is 14.4 Å². The molecule has 2 atom stereocenters. The molecule has 0 aliphatic heterocycles. The van der Waals surface area contributed by atoms with Crippen LogP contribution in [0.2, 0.25) is 0 Å². The average Bonchev–Trinajstić information content (AvgIpc) is 2.81. The predicted molar refractivity (Wildman–Crippen MR) is 88.3 cm³/mol. The molecule has 2 nitrogen and oxygen atoms in total. The number of Topliss-reactive ketones (excluding diaryl/α,β-unsaturated/α-hetero) is 1. The summed E-state index contributed by atoms with van der Waals surface area (Å²) in [6, 6.07) is 14.4. The second kappa shape index (κ2) is 5.99. The Morgan fingerprint density at radius 3 is 2.81 bits per heavy atom. The van der Waals surface area contributed by atoms with Crippen LogP contribution in [0.4, 0.5) is 0 Å². The van der Waals surface area contributed by atoms with Crippen molar-refractivity contribution in [3.63, 3.8) is 0 Å². The van der Waals surface area contributed by atoms with Crippen LogP contribution in [0.5, 0.6) is 5.75 Å². The third-order valence-corrected chi connectivity index (χ3v) is 5.39. The van der Waals surface area contributed by atoms with Crippen molar-refractivity contribution in [2.75, 3.05) is 7.11 Å². The molecule has 0 radical (unpaired) electrons. The summed E-state index contributed by atoms with van der Waals surface area (Å²) in [4.78, 5) is 12.3. The van der Waals surface area contributed by atoms with Crippen molar-refractivity contribution >= 4 is 19.7 Å². The largest absolute Gasteiger partial charge is 0.496 e. The summed E-state index contributed by atoms with van der Waals surface area (Å²) in [6.07, 6.45) is 1.81. The van der Waals surface area contributed by atoms with Crippen LogP contribution in [0, 0.1) is 5.92 Å². The van der Waals surface area contributed by atoms with Crippen LogP contribution >= 0.6 is 8.58 Å². The van der Waals surface area contributed by atoms with Gasteiger partial charge in [0.15, 0.2) is 5.78 Å². The van der Waals surface area contributed by atoms with Gasteiger partial charge in [0, 0.05) is 11.5 Å². The number of ether oxygens (including phenoxy) is 1. The highest BCUT2D eigenvalue weighted by molar-refractivity contribution is 7.46. The number of carbonyl (C=O) groups is 1. The highest BCUT2D eigenvalue weighted by Crippen LogP contribution is 2.31. The van der Waals surface area contributed by atoms with Gasteiger partial charge in [-0.25, -0.2) is 0 Å². The Morgan fingerprint density at radius 1 is 1.19 bits per heavy atom. The molecule has 0 fully saturated rings.